The van der Waals surface area contributed by atoms with Crippen LogP contribution in [0.25, 0.3) is 88.2 Å². The molecule has 0 N–H and O–H groups in total. The highest BCUT2D eigenvalue weighted by Crippen LogP contribution is 2.38. The van der Waals surface area contributed by atoms with E-state index < -0.39 is 8.07 Å². The SMILES string of the molecule is c1ccc(-n2c3ccccc3c3cc(-n4c5ccccc5c5cc(-c6cccc([Si](c7ccccc7)(c7ccccc7)c7cccc8c7oc7ccccc78)n6)ccc54)ccc32)cc1. The van der Waals surface area contributed by atoms with Crippen molar-refractivity contribution < 1.29 is 4.42 Å². The van der Waals surface area contributed by atoms with E-state index in [1.54, 1.807) is 0 Å². The molecule has 64 heavy (non-hydrogen) atoms. The second-order valence-corrected chi connectivity index (χ2v) is 20.4. The molecule has 300 valence electrons. The van der Waals surface area contributed by atoms with Crippen molar-refractivity contribution in [2.24, 2.45) is 0 Å². The molecule has 0 aliphatic heterocycles. The minimum atomic E-state index is -3.10. The summed E-state index contributed by atoms with van der Waals surface area (Å²) in [6.45, 7) is 0. The van der Waals surface area contributed by atoms with Crippen LogP contribution in [0.15, 0.2) is 241 Å². The van der Waals surface area contributed by atoms with E-state index in [1.165, 1.54) is 53.7 Å². The van der Waals surface area contributed by atoms with Gasteiger partial charge in [0.05, 0.1) is 27.8 Å². The summed E-state index contributed by atoms with van der Waals surface area (Å²) in [5.74, 6) is 0. The molecule has 0 bridgehead atoms. The summed E-state index contributed by atoms with van der Waals surface area (Å²) in [5.41, 5.74) is 10.8. The zero-order valence-electron chi connectivity index (χ0n) is 34.8. The number of rotatable bonds is 7. The predicted octanol–water partition coefficient (Wildman–Crippen LogP) is 12.2. The summed E-state index contributed by atoms with van der Waals surface area (Å²) in [6, 6.07) is 85.6. The average Bonchev–Trinajstić information content (AvgIpc) is 4.03. The first-order valence-electron chi connectivity index (χ1n) is 21.9. The van der Waals surface area contributed by atoms with Crippen LogP contribution >= 0.6 is 0 Å². The molecule has 4 aromatic heterocycles. The van der Waals surface area contributed by atoms with E-state index in [1.807, 2.05) is 6.07 Å². The van der Waals surface area contributed by atoms with Gasteiger partial charge < -0.3 is 13.6 Å². The Morgan fingerprint density at radius 1 is 0.359 bits per heavy atom. The van der Waals surface area contributed by atoms with E-state index in [9.17, 15) is 0 Å². The van der Waals surface area contributed by atoms with Gasteiger partial charge in [0.2, 0.25) is 8.07 Å². The molecule has 13 aromatic rings. The van der Waals surface area contributed by atoms with Crippen LogP contribution in [-0.4, -0.2) is 22.2 Å². The molecule has 0 saturated heterocycles. The molecule has 9 aromatic carbocycles. The summed E-state index contributed by atoms with van der Waals surface area (Å²) in [7, 11) is -3.10. The molecule has 0 unspecified atom stereocenters. The van der Waals surface area contributed by atoms with Crippen molar-refractivity contribution in [1.82, 2.24) is 14.1 Å². The number of hydrogen-bond donors (Lipinski definition) is 0. The Hall–Kier alpha value is -8.25. The van der Waals surface area contributed by atoms with E-state index in [0.717, 1.165) is 55.4 Å². The van der Waals surface area contributed by atoms with Gasteiger partial charge in [0.1, 0.15) is 11.2 Å². The van der Waals surface area contributed by atoms with Crippen molar-refractivity contribution in [2.75, 3.05) is 0 Å². The second-order valence-electron chi connectivity index (χ2n) is 16.6. The summed E-state index contributed by atoms with van der Waals surface area (Å²) in [4.78, 5) is 5.76. The fourth-order valence-corrected chi connectivity index (χ4v) is 15.2. The van der Waals surface area contributed by atoms with E-state index in [-0.39, 0.29) is 0 Å². The maximum absolute atomic E-state index is 6.87. The molecule has 0 atom stereocenters. The fraction of sp³-hybridized carbons (Fsp3) is 0. The number of aromatic nitrogens is 3. The third-order valence-electron chi connectivity index (χ3n) is 13.3. The van der Waals surface area contributed by atoms with Gasteiger partial charge in [-0.15, -0.1) is 0 Å². The predicted molar refractivity (Wildman–Crippen MR) is 269 cm³/mol. The number of fused-ring (bicyclic) bond motifs is 9. The second kappa shape index (κ2) is 14.4. The first-order valence-corrected chi connectivity index (χ1v) is 23.9. The topological polar surface area (TPSA) is 35.9 Å². The number of pyridine rings is 1. The van der Waals surface area contributed by atoms with Gasteiger partial charge in [-0.3, -0.25) is 4.98 Å². The number of benzene rings is 9. The highest BCUT2D eigenvalue weighted by molar-refractivity contribution is 7.20. The van der Waals surface area contributed by atoms with Gasteiger partial charge >= 0.3 is 0 Å². The minimum Gasteiger partial charge on any atom is -0.456 e. The lowest BCUT2D eigenvalue weighted by molar-refractivity contribution is 0.671. The molecule has 4 nitrogen and oxygen atoms in total. The monoisotopic (exact) mass is 833 g/mol. The first-order chi connectivity index (χ1) is 31.8. The first kappa shape index (κ1) is 36.4. The maximum atomic E-state index is 6.87. The molecular formula is C59H39N3OSi. The van der Waals surface area contributed by atoms with Gasteiger partial charge in [0, 0.05) is 54.6 Å². The standard InChI is InChI=1S/C59H39N3OSi/c1-4-18-41(19-5-1)61-52-29-13-11-25-46(52)50-39-42(35-37-55(50)61)62-53-30-14-10-24-45(53)49-38-40(34-36-54(49)62)51-28-17-33-58(60-51)64(43-20-6-2-7-21-43,44-22-8-3-9-23-44)57-32-16-27-48-47-26-12-15-31-56(47)63-59(48)57/h1-39H. The van der Waals surface area contributed by atoms with Crippen molar-refractivity contribution >= 4 is 94.5 Å². The van der Waals surface area contributed by atoms with E-state index in [4.69, 9.17) is 9.40 Å². The van der Waals surface area contributed by atoms with Gasteiger partial charge in [0.15, 0.2) is 0 Å². The normalized spacial score (nSPS) is 12.1. The minimum absolute atomic E-state index is 0.891. The van der Waals surface area contributed by atoms with E-state index in [2.05, 4.69) is 240 Å². The molecular weight excluding hydrogens is 795 g/mol. The van der Waals surface area contributed by atoms with Gasteiger partial charge in [0.25, 0.3) is 0 Å². The lowest BCUT2D eigenvalue weighted by Crippen LogP contribution is -2.75. The third kappa shape index (κ3) is 5.38. The number of para-hydroxylation sites is 5. The summed E-state index contributed by atoms with van der Waals surface area (Å²) in [5, 5.41) is 11.8. The number of hydrogen-bond acceptors (Lipinski definition) is 2. The highest BCUT2D eigenvalue weighted by atomic mass is 28.3. The molecule has 5 heteroatoms. The molecule has 0 amide bonds. The van der Waals surface area contributed by atoms with Crippen LogP contribution in [0.5, 0.6) is 0 Å². The number of furan rings is 1. The Labute approximate surface area is 370 Å². The van der Waals surface area contributed by atoms with Gasteiger partial charge in [-0.1, -0.05) is 164 Å². The largest absolute Gasteiger partial charge is 0.456 e. The molecule has 13 rings (SSSR count). The summed E-state index contributed by atoms with van der Waals surface area (Å²) < 4.78 is 11.7. The average molecular weight is 834 g/mol. The van der Waals surface area contributed by atoms with Crippen LogP contribution in [0.2, 0.25) is 0 Å². The van der Waals surface area contributed by atoms with Gasteiger partial charge in [-0.05, 0) is 88.4 Å². The quantitative estimate of drug-likeness (QED) is 0.118. The van der Waals surface area contributed by atoms with Gasteiger partial charge in [-0.25, -0.2) is 0 Å². The Morgan fingerprint density at radius 3 is 1.59 bits per heavy atom. The fourth-order valence-electron chi connectivity index (χ4n) is 10.5. The Bertz CT molecular complexity index is 3860. The zero-order chi connectivity index (χ0) is 42.2. The Kier molecular flexibility index (Phi) is 8.20. The zero-order valence-corrected chi connectivity index (χ0v) is 35.8. The lowest BCUT2D eigenvalue weighted by atomic mass is 10.1. The van der Waals surface area contributed by atoms with Crippen LogP contribution in [-0.2, 0) is 0 Å². The molecule has 0 saturated carbocycles. The molecule has 0 aliphatic carbocycles. The number of nitrogens with zero attached hydrogens (tertiary/aromatic N) is 3. The summed E-state index contributed by atoms with van der Waals surface area (Å²) >= 11 is 0. The third-order valence-corrected chi connectivity index (χ3v) is 17.9. The Balaban J connectivity index is 1.01. The lowest BCUT2D eigenvalue weighted by Gasteiger charge is -2.33. The van der Waals surface area contributed by atoms with Crippen molar-refractivity contribution in [3.05, 3.63) is 237 Å². The van der Waals surface area contributed by atoms with E-state index in [0.29, 0.717) is 0 Å². The molecule has 4 heterocycles. The summed E-state index contributed by atoms with van der Waals surface area (Å²) in [6.07, 6.45) is 0. The van der Waals surface area contributed by atoms with Crippen LogP contribution in [0.1, 0.15) is 0 Å². The molecule has 0 spiro atoms. The van der Waals surface area contributed by atoms with Crippen LogP contribution in [0, 0.1) is 0 Å². The van der Waals surface area contributed by atoms with Crippen LogP contribution in [0.4, 0.5) is 0 Å². The molecule has 0 aliphatic rings. The van der Waals surface area contributed by atoms with Crippen LogP contribution in [0.3, 0.4) is 0 Å². The van der Waals surface area contributed by atoms with Crippen LogP contribution < -0.4 is 20.9 Å². The van der Waals surface area contributed by atoms with Crippen molar-refractivity contribution in [3.63, 3.8) is 0 Å². The Morgan fingerprint density at radius 2 is 0.891 bits per heavy atom. The van der Waals surface area contributed by atoms with Crippen molar-refractivity contribution in [2.45, 2.75) is 0 Å². The van der Waals surface area contributed by atoms with Crippen molar-refractivity contribution in [1.29, 1.82) is 0 Å². The maximum Gasteiger partial charge on any atom is 0.205 e. The highest BCUT2D eigenvalue weighted by Gasteiger charge is 2.45. The van der Waals surface area contributed by atoms with Gasteiger partial charge in [-0.2, -0.15) is 0 Å². The van der Waals surface area contributed by atoms with E-state index >= 15 is 0 Å². The molecule has 0 radical (unpaired) electrons. The van der Waals surface area contributed by atoms with Crippen molar-refractivity contribution in [3.8, 4) is 22.6 Å². The smallest absolute Gasteiger partial charge is 0.205 e. The molecule has 0 fully saturated rings.